The molecule has 2 fully saturated rings. The molecule has 2 saturated heterocycles. The number of fused-ring (bicyclic) bond motifs is 1. The van der Waals surface area contributed by atoms with Crippen molar-refractivity contribution >= 4 is 15.9 Å². The van der Waals surface area contributed by atoms with Crippen LogP contribution in [0, 0.1) is 0 Å². The zero-order valence-corrected chi connectivity index (χ0v) is 21.4. The standard InChI is InChI=1S/C27H35N3O4S/c1-20-16-28(17-21(2)34-20)19-25-10-6-13-30(25)27(31)23-9-5-11-26(15-23)35(32,33)29-14-12-22-7-3-4-8-24(22)18-29/h3-5,7-9,11,15,20-21,25H,6,10,12-14,16-19H2,1-2H3. The second kappa shape index (κ2) is 10.0. The summed E-state index contributed by atoms with van der Waals surface area (Å²) in [5.74, 6) is -0.0807. The molecule has 0 spiro atoms. The summed E-state index contributed by atoms with van der Waals surface area (Å²) in [5.41, 5.74) is 2.69. The van der Waals surface area contributed by atoms with E-state index in [9.17, 15) is 13.2 Å². The van der Waals surface area contributed by atoms with E-state index in [0.29, 0.717) is 31.6 Å². The summed E-state index contributed by atoms with van der Waals surface area (Å²) in [7, 11) is -3.69. The molecule has 0 radical (unpaired) electrons. The van der Waals surface area contributed by atoms with E-state index >= 15 is 0 Å². The third kappa shape index (κ3) is 5.16. The first-order valence-corrected chi connectivity index (χ1v) is 14.1. The Labute approximate surface area is 208 Å². The van der Waals surface area contributed by atoms with Crippen molar-refractivity contribution in [2.75, 3.05) is 32.7 Å². The molecule has 3 aliphatic rings. The number of likely N-dealkylation sites (tertiary alicyclic amines) is 1. The van der Waals surface area contributed by atoms with Crippen LogP contribution in [0.4, 0.5) is 0 Å². The van der Waals surface area contributed by atoms with Crippen molar-refractivity contribution in [3.8, 4) is 0 Å². The van der Waals surface area contributed by atoms with Gasteiger partial charge in [-0.05, 0) is 62.4 Å². The summed E-state index contributed by atoms with van der Waals surface area (Å²) in [6.07, 6.45) is 3.01. The van der Waals surface area contributed by atoms with E-state index < -0.39 is 10.0 Å². The lowest BCUT2D eigenvalue weighted by atomic mass is 10.0. The highest BCUT2D eigenvalue weighted by molar-refractivity contribution is 7.89. The van der Waals surface area contributed by atoms with E-state index in [1.165, 1.54) is 9.87 Å². The Bertz CT molecular complexity index is 1170. The maximum absolute atomic E-state index is 13.5. The summed E-state index contributed by atoms with van der Waals surface area (Å²) in [5, 5.41) is 0. The average Bonchev–Trinajstić information content (AvgIpc) is 3.30. The van der Waals surface area contributed by atoms with Gasteiger partial charge in [0.15, 0.2) is 0 Å². The van der Waals surface area contributed by atoms with Gasteiger partial charge >= 0.3 is 0 Å². The fourth-order valence-electron chi connectivity index (χ4n) is 5.80. The van der Waals surface area contributed by atoms with E-state index in [0.717, 1.165) is 38.0 Å². The number of rotatable bonds is 5. The Morgan fingerprint density at radius 1 is 1.00 bits per heavy atom. The van der Waals surface area contributed by atoms with Crippen LogP contribution < -0.4 is 0 Å². The monoisotopic (exact) mass is 497 g/mol. The second-order valence-corrected chi connectivity index (χ2v) is 12.1. The van der Waals surface area contributed by atoms with Crippen LogP contribution in [0.5, 0.6) is 0 Å². The van der Waals surface area contributed by atoms with Crippen LogP contribution >= 0.6 is 0 Å². The summed E-state index contributed by atoms with van der Waals surface area (Å²) in [6, 6.07) is 14.7. The maximum Gasteiger partial charge on any atom is 0.254 e. The topological polar surface area (TPSA) is 70.2 Å². The van der Waals surface area contributed by atoms with Crippen molar-refractivity contribution < 1.29 is 17.9 Å². The van der Waals surface area contributed by atoms with Gasteiger partial charge in [-0.1, -0.05) is 30.3 Å². The van der Waals surface area contributed by atoms with Gasteiger partial charge in [-0.25, -0.2) is 8.42 Å². The summed E-state index contributed by atoms with van der Waals surface area (Å²) < 4.78 is 34.3. The molecular weight excluding hydrogens is 462 g/mol. The fraction of sp³-hybridized carbons (Fsp3) is 0.519. The first-order chi connectivity index (χ1) is 16.8. The SMILES string of the molecule is CC1CN(CC2CCCN2C(=O)c2cccc(S(=O)(=O)N3CCc4ccccc4C3)c2)CC(C)O1. The van der Waals surface area contributed by atoms with Crippen LogP contribution in [0.2, 0.25) is 0 Å². The van der Waals surface area contributed by atoms with Crippen LogP contribution in [0.25, 0.3) is 0 Å². The predicted molar refractivity (Wildman–Crippen MR) is 135 cm³/mol. The first kappa shape index (κ1) is 24.4. The van der Waals surface area contributed by atoms with E-state index in [1.54, 1.807) is 24.3 Å². The molecule has 7 nitrogen and oxygen atoms in total. The maximum atomic E-state index is 13.5. The number of carbonyl (C=O) groups is 1. The summed E-state index contributed by atoms with van der Waals surface area (Å²) in [6.45, 7) is 8.27. The third-order valence-corrected chi connectivity index (χ3v) is 9.26. The van der Waals surface area contributed by atoms with Gasteiger partial charge in [0.1, 0.15) is 0 Å². The lowest BCUT2D eigenvalue weighted by molar-refractivity contribution is -0.0715. The molecule has 8 heteroatoms. The van der Waals surface area contributed by atoms with E-state index in [-0.39, 0.29) is 29.1 Å². The smallest absolute Gasteiger partial charge is 0.254 e. The normalized spacial score (nSPS) is 26.0. The Hall–Kier alpha value is -2.26. The van der Waals surface area contributed by atoms with Gasteiger partial charge in [0.05, 0.1) is 17.1 Å². The highest BCUT2D eigenvalue weighted by atomic mass is 32.2. The Balaban J connectivity index is 1.31. The van der Waals surface area contributed by atoms with Crippen molar-refractivity contribution in [1.29, 1.82) is 0 Å². The molecule has 3 heterocycles. The Morgan fingerprint density at radius 3 is 2.51 bits per heavy atom. The molecule has 2 aromatic carbocycles. The molecule has 0 saturated carbocycles. The third-order valence-electron chi connectivity index (χ3n) is 7.42. The Morgan fingerprint density at radius 2 is 1.74 bits per heavy atom. The molecule has 2 aromatic rings. The summed E-state index contributed by atoms with van der Waals surface area (Å²) >= 11 is 0. The fourth-order valence-corrected chi connectivity index (χ4v) is 7.27. The molecule has 0 bridgehead atoms. The van der Waals surface area contributed by atoms with Gasteiger partial charge in [-0.2, -0.15) is 4.31 Å². The van der Waals surface area contributed by atoms with Crippen LogP contribution in [0.15, 0.2) is 53.4 Å². The minimum Gasteiger partial charge on any atom is -0.373 e. The van der Waals surface area contributed by atoms with Crippen LogP contribution in [0.3, 0.4) is 0 Å². The van der Waals surface area contributed by atoms with Crippen molar-refractivity contribution in [3.05, 3.63) is 65.2 Å². The lowest BCUT2D eigenvalue weighted by Crippen LogP contribution is -2.50. The molecule has 0 aliphatic carbocycles. The lowest BCUT2D eigenvalue weighted by Gasteiger charge is -2.38. The molecule has 1 amide bonds. The van der Waals surface area contributed by atoms with Crippen molar-refractivity contribution in [1.82, 2.24) is 14.1 Å². The molecule has 0 N–H and O–H groups in total. The minimum atomic E-state index is -3.69. The molecule has 188 valence electrons. The van der Waals surface area contributed by atoms with Gasteiger partial charge in [-0.15, -0.1) is 0 Å². The minimum absolute atomic E-state index is 0.0807. The molecule has 0 aromatic heterocycles. The number of morpholine rings is 1. The number of nitrogens with zero attached hydrogens (tertiary/aromatic N) is 3. The molecule has 3 unspecified atom stereocenters. The summed E-state index contributed by atoms with van der Waals surface area (Å²) in [4.78, 5) is 18.0. The van der Waals surface area contributed by atoms with Crippen molar-refractivity contribution in [2.45, 2.75) is 62.8 Å². The molecule has 3 aliphatic heterocycles. The van der Waals surface area contributed by atoms with Gasteiger partial charge in [0, 0.05) is 50.9 Å². The van der Waals surface area contributed by atoms with Gasteiger partial charge in [0.2, 0.25) is 10.0 Å². The largest absolute Gasteiger partial charge is 0.373 e. The van der Waals surface area contributed by atoms with E-state index in [4.69, 9.17) is 4.74 Å². The zero-order valence-electron chi connectivity index (χ0n) is 20.6. The van der Waals surface area contributed by atoms with Gasteiger partial charge in [0.25, 0.3) is 5.91 Å². The molecular formula is C27H35N3O4S. The highest BCUT2D eigenvalue weighted by Crippen LogP contribution is 2.27. The molecule has 35 heavy (non-hydrogen) atoms. The number of carbonyl (C=O) groups excluding carboxylic acids is 1. The van der Waals surface area contributed by atoms with Crippen LogP contribution in [-0.2, 0) is 27.7 Å². The van der Waals surface area contributed by atoms with Crippen molar-refractivity contribution in [2.24, 2.45) is 0 Å². The molecule has 3 atom stereocenters. The molecule has 5 rings (SSSR count). The second-order valence-electron chi connectivity index (χ2n) is 10.2. The first-order valence-electron chi connectivity index (χ1n) is 12.7. The highest BCUT2D eigenvalue weighted by Gasteiger charge is 2.34. The quantitative estimate of drug-likeness (QED) is 0.635. The number of hydrogen-bond donors (Lipinski definition) is 0. The number of sulfonamides is 1. The number of hydrogen-bond acceptors (Lipinski definition) is 5. The number of benzene rings is 2. The predicted octanol–water partition coefficient (Wildman–Crippen LogP) is 3.15. The van der Waals surface area contributed by atoms with Crippen molar-refractivity contribution in [3.63, 3.8) is 0 Å². The van der Waals surface area contributed by atoms with Gasteiger partial charge in [-0.3, -0.25) is 9.69 Å². The van der Waals surface area contributed by atoms with Crippen LogP contribution in [0.1, 0.15) is 48.2 Å². The zero-order chi connectivity index (χ0) is 24.6. The van der Waals surface area contributed by atoms with Gasteiger partial charge < -0.3 is 9.64 Å². The Kier molecular flexibility index (Phi) is 6.99. The van der Waals surface area contributed by atoms with Crippen LogP contribution in [-0.4, -0.2) is 79.4 Å². The number of amides is 1. The average molecular weight is 498 g/mol. The number of ether oxygens (including phenoxy) is 1. The van der Waals surface area contributed by atoms with E-state index in [1.807, 2.05) is 23.1 Å². The van der Waals surface area contributed by atoms with E-state index in [2.05, 4.69) is 24.8 Å².